The molecule has 1 heterocycles. The van der Waals surface area contributed by atoms with Crippen molar-refractivity contribution in [3.8, 4) is 0 Å². The molecule has 0 spiro atoms. The molecule has 21 heavy (non-hydrogen) atoms. The minimum absolute atomic E-state index is 0.0313. The van der Waals surface area contributed by atoms with Crippen molar-refractivity contribution < 1.29 is 18.3 Å². The maximum atomic E-state index is 12.3. The maximum absolute atomic E-state index is 12.3. The summed E-state index contributed by atoms with van der Waals surface area (Å²) in [5, 5.41) is 16.0. The number of benzene rings is 1. The zero-order valence-corrected chi connectivity index (χ0v) is 12.3. The number of rotatable bonds is 5. The largest absolute Gasteiger partial charge is 0.480 e. The predicted octanol–water partition coefficient (Wildman–Crippen LogP) is 0.780. The molecule has 0 aliphatic rings. The highest BCUT2D eigenvalue weighted by Crippen LogP contribution is 2.19. The molecule has 8 nitrogen and oxygen atoms in total. The third-order valence-corrected chi connectivity index (χ3v) is 4.19. The summed E-state index contributed by atoms with van der Waals surface area (Å²) < 4.78 is 26.8. The Hall–Kier alpha value is -2.42. The molecule has 2 aromatic rings. The lowest BCUT2D eigenvalue weighted by atomic mass is 10.2. The number of carbonyl (C=O) groups is 1. The van der Waals surface area contributed by atoms with Crippen LogP contribution in [0.2, 0.25) is 0 Å². The lowest BCUT2D eigenvalue weighted by molar-refractivity contribution is -0.138. The molecule has 0 aliphatic heterocycles. The number of hydrogen-bond acceptors (Lipinski definition) is 5. The maximum Gasteiger partial charge on any atom is 0.327 e. The van der Waals surface area contributed by atoms with Gasteiger partial charge in [0.2, 0.25) is 0 Å². The zero-order valence-electron chi connectivity index (χ0n) is 11.4. The fraction of sp³-hybridized carbons (Fsp3) is 0.250. The van der Waals surface area contributed by atoms with Gasteiger partial charge in [-0.1, -0.05) is 17.7 Å². The normalized spacial score (nSPS) is 11.3. The molecule has 0 bridgehead atoms. The molecule has 2 N–H and O–H groups in total. The van der Waals surface area contributed by atoms with E-state index in [2.05, 4.69) is 14.9 Å². The molecule has 9 heteroatoms. The lowest BCUT2D eigenvalue weighted by Gasteiger charge is -2.08. The molecular weight excluding hydrogens is 296 g/mol. The van der Waals surface area contributed by atoms with Gasteiger partial charge in [0, 0.05) is 0 Å². The van der Waals surface area contributed by atoms with E-state index in [1.165, 1.54) is 6.07 Å². The standard InChI is InChI=1S/C12H14N4O4S/c1-8-3-4-10(9(2)5-8)21(19,20)15-11-6-13-16(14-11)7-12(17)18/h3-6H,7H2,1-2H3,(H,14,15)(H,17,18). The first-order chi connectivity index (χ1) is 9.78. The number of carboxylic acid groups (broad SMARTS) is 1. The third kappa shape index (κ3) is 3.57. The Morgan fingerprint density at radius 1 is 1.38 bits per heavy atom. The van der Waals surface area contributed by atoms with Crippen LogP contribution < -0.4 is 4.72 Å². The first-order valence-electron chi connectivity index (χ1n) is 6.00. The zero-order chi connectivity index (χ0) is 15.6. The molecule has 0 radical (unpaired) electrons. The summed E-state index contributed by atoms with van der Waals surface area (Å²) in [4.78, 5) is 11.6. The van der Waals surface area contributed by atoms with Crippen molar-refractivity contribution >= 4 is 21.8 Å². The first kappa shape index (κ1) is 15.0. The van der Waals surface area contributed by atoms with Crippen LogP contribution in [0.15, 0.2) is 29.3 Å². The van der Waals surface area contributed by atoms with Crippen LogP contribution in [0, 0.1) is 13.8 Å². The second kappa shape index (κ2) is 5.52. The van der Waals surface area contributed by atoms with Crippen molar-refractivity contribution in [1.29, 1.82) is 0 Å². The van der Waals surface area contributed by atoms with Crippen molar-refractivity contribution in [3.05, 3.63) is 35.5 Å². The van der Waals surface area contributed by atoms with Crippen molar-refractivity contribution in [2.24, 2.45) is 0 Å². The van der Waals surface area contributed by atoms with Crippen LogP contribution in [0.5, 0.6) is 0 Å². The molecule has 0 saturated carbocycles. The molecule has 112 valence electrons. The Bertz CT molecular complexity index is 782. The van der Waals surface area contributed by atoms with Crippen LogP contribution in [0.4, 0.5) is 5.82 Å². The lowest BCUT2D eigenvalue weighted by Crippen LogP contribution is -2.16. The van der Waals surface area contributed by atoms with Gasteiger partial charge in [-0.05, 0) is 25.5 Å². The van der Waals surface area contributed by atoms with E-state index in [0.717, 1.165) is 16.6 Å². The minimum atomic E-state index is -3.79. The quantitative estimate of drug-likeness (QED) is 0.843. The number of anilines is 1. The fourth-order valence-electron chi connectivity index (χ4n) is 1.83. The molecule has 0 unspecified atom stereocenters. The summed E-state index contributed by atoms with van der Waals surface area (Å²) in [5.74, 6) is -1.15. The van der Waals surface area contributed by atoms with Crippen LogP contribution >= 0.6 is 0 Å². The average Bonchev–Trinajstić information content (AvgIpc) is 2.73. The minimum Gasteiger partial charge on any atom is -0.480 e. The molecule has 1 aromatic carbocycles. The number of carboxylic acids is 1. The van der Waals surface area contributed by atoms with E-state index in [1.54, 1.807) is 19.1 Å². The van der Waals surface area contributed by atoms with E-state index >= 15 is 0 Å². The number of sulfonamides is 1. The summed E-state index contributed by atoms with van der Waals surface area (Å²) in [6.45, 7) is 3.13. The molecule has 0 fully saturated rings. The number of aliphatic carboxylic acids is 1. The van der Waals surface area contributed by atoms with Crippen molar-refractivity contribution in [2.75, 3.05) is 4.72 Å². The average molecular weight is 310 g/mol. The van der Waals surface area contributed by atoms with Gasteiger partial charge in [0.15, 0.2) is 12.4 Å². The van der Waals surface area contributed by atoms with Crippen molar-refractivity contribution in [1.82, 2.24) is 15.0 Å². The van der Waals surface area contributed by atoms with Gasteiger partial charge in [-0.3, -0.25) is 9.52 Å². The van der Waals surface area contributed by atoms with Gasteiger partial charge in [-0.25, -0.2) is 8.42 Å². The van der Waals surface area contributed by atoms with Gasteiger partial charge in [0.1, 0.15) is 0 Å². The highest BCUT2D eigenvalue weighted by atomic mass is 32.2. The van der Waals surface area contributed by atoms with E-state index in [4.69, 9.17) is 5.11 Å². The van der Waals surface area contributed by atoms with Crippen molar-refractivity contribution in [3.63, 3.8) is 0 Å². The van der Waals surface area contributed by atoms with Gasteiger partial charge in [0.05, 0.1) is 11.1 Å². The van der Waals surface area contributed by atoms with Gasteiger partial charge in [-0.2, -0.15) is 9.90 Å². The predicted molar refractivity (Wildman–Crippen MR) is 74.4 cm³/mol. The SMILES string of the molecule is Cc1ccc(S(=O)(=O)Nc2cnn(CC(=O)O)n2)c(C)c1. The van der Waals surface area contributed by atoms with Crippen LogP contribution in [-0.4, -0.2) is 34.5 Å². The summed E-state index contributed by atoms with van der Waals surface area (Å²) in [7, 11) is -3.79. The summed E-state index contributed by atoms with van der Waals surface area (Å²) in [6.07, 6.45) is 1.16. The van der Waals surface area contributed by atoms with Gasteiger partial charge in [0.25, 0.3) is 10.0 Å². The monoisotopic (exact) mass is 310 g/mol. The molecule has 0 aliphatic carbocycles. The first-order valence-corrected chi connectivity index (χ1v) is 7.48. The summed E-state index contributed by atoms with van der Waals surface area (Å²) in [5.41, 5.74) is 1.57. The highest BCUT2D eigenvalue weighted by molar-refractivity contribution is 7.92. The van der Waals surface area contributed by atoms with E-state index < -0.39 is 22.5 Å². The highest BCUT2D eigenvalue weighted by Gasteiger charge is 2.18. The second-order valence-corrected chi connectivity index (χ2v) is 6.18. The number of hydrogen-bond donors (Lipinski definition) is 2. The molecule has 2 rings (SSSR count). The number of aryl methyl sites for hydroxylation is 2. The van der Waals surface area contributed by atoms with Gasteiger partial charge < -0.3 is 5.11 Å². The summed E-state index contributed by atoms with van der Waals surface area (Å²) in [6, 6.07) is 4.97. The smallest absolute Gasteiger partial charge is 0.327 e. The number of nitrogens with zero attached hydrogens (tertiary/aromatic N) is 3. The molecule has 0 amide bonds. The van der Waals surface area contributed by atoms with Crippen LogP contribution in [0.3, 0.4) is 0 Å². The van der Waals surface area contributed by atoms with Crippen LogP contribution in [0.1, 0.15) is 11.1 Å². The number of nitrogens with one attached hydrogen (secondary N) is 1. The molecule has 0 saturated heterocycles. The van der Waals surface area contributed by atoms with E-state index in [0.29, 0.717) is 5.56 Å². The Labute approximate surface area is 121 Å². The summed E-state index contributed by atoms with van der Waals surface area (Å²) >= 11 is 0. The van der Waals surface area contributed by atoms with E-state index in [-0.39, 0.29) is 10.7 Å². The Morgan fingerprint density at radius 3 is 2.71 bits per heavy atom. The Kier molecular flexibility index (Phi) is 3.94. The Balaban J connectivity index is 2.25. The molecule has 1 aromatic heterocycles. The van der Waals surface area contributed by atoms with Crippen LogP contribution in [0.25, 0.3) is 0 Å². The number of aromatic nitrogens is 3. The Morgan fingerprint density at radius 2 is 2.10 bits per heavy atom. The second-order valence-electron chi connectivity index (χ2n) is 4.53. The van der Waals surface area contributed by atoms with Gasteiger partial charge in [-0.15, -0.1) is 5.10 Å². The molecule has 0 atom stereocenters. The molecular formula is C12H14N4O4S. The van der Waals surface area contributed by atoms with E-state index in [9.17, 15) is 13.2 Å². The van der Waals surface area contributed by atoms with Crippen LogP contribution in [-0.2, 0) is 21.4 Å². The van der Waals surface area contributed by atoms with Gasteiger partial charge >= 0.3 is 5.97 Å². The third-order valence-electron chi connectivity index (χ3n) is 2.67. The van der Waals surface area contributed by atoms with Crippen molar-refractivity contribution in [2.45, 2.75) is 25.3 Å². The topological polar surface area (TPSA) is 114 Å². The fourth-order valence-corrected chi connectivity index (χ4v) is 3.04. The van der Waals surface area contributed by atoms with E-state index in [1.807, 2.05) is 6.92 Å².